The lowest BCUT2D eigenvalue weighted by Crippen LogP contribution is -2.60. The molecule has 9 atom stereocenters. The first kappa shape index (κ1) is 69.5. The minimum Gasteiger partial charge on any atom is -0.494 e. The van der Waals surface area contributed by atoms with Crippen LogP contribution in [-0.4, -0.2) is 180 Å². The molecule has 2 rings (SSSR count). The number of hydrogen-bond donors (Lipinski definition) is 16. The lowest BCUT2D eigenvalue weighted by molar-refractivity contribution is -0.143. The van der Waals surface area contributed by atoms with Crippen LogP contribution in [-0.2, 0) is 59.2 Å². The molecule has 0 spiro atoms. The van der Waals surface area contributed by atoms with Crippen molar-refractivity contribution in [3.8, 4) is 5.75 Å². The highest BCUT2D eigenvalue weighted by molar-refractivity contribution is 7.80. The second kappa shape index (κ2) is 36.6. The Hall–Kier alpha value is -7.57. The number of primary amides is 1. The first-order valence-electron chi connectivity index (χ1n) is 26.6. The van der Waals surface area contributed by atoms with Crippen LogP contribution in [0.1, 0.15) is 97.5 Å². The molecule has 0 radical (unpaired) electrons. The van der Waals surface area contributed by atoms with E-state index in [1.54, 1.807) is 31.2 Å². The van der Waals surface area contributed by atoms with Crippen molar-refractivity contribution in [3.63, 3.8) is 0 Å². The van der Waals surface area contributed by atoms with Gasteiger partial charge in [0.05, 0.1) is 19.6 Å². The number of unbranched alkanes of at least 4 members (excludes halogenated alkanes) is 1. The highest BCUT2D eigenvalue weighted by atomic mass is 32.1. The predicted molar refractivity (Wildman–Crippen MR) is 306 cm³/mol. The number of nitrogens with zero attached hydrogens (tertiary/aromatic N) is 3. The largest absolute Gasteiger partial charge is 0.494 e. The number of ether oxygens (including phenoxy) is 1. The number of hydrogen-bond acceptors (Lipinski definition) is 16. The fraction of sp³-hybridized carbons (Fsp3) is 0.620. The zero-order valence-electron chi connectivity index (χ0n) is 46.2. The average Bonchev–Trinajstić information content (AvgIpc) is 4.00. The number of guanidine groups is 2. The second-order valence-electron chi connectivity index (χ2n) is 19.2. The first-order valence-corrected chi connectivity index (χ1v) is 27.8. The number of carbonyl (C=O) groups excluding carboxylic acids is 10. The van der Waals surface area contributed by atoms with Crippen molar-refractivity contribution in [2.45, 2.75) is 147 Å². The molecule has 31 heteroatoms. The standard InChI is InChI=1S/C50H82N16O13S2/c1-5-7-21-79-30-16-14-29(15-17-30)22-33(44(74)61-32(12-9-19-57-50(54)55)43(73)64-35(25-80)41(51)71)63-45(75)34(23-39(69)70)60-38(68)24-58-42(72)31(11-8-18-56-49(52)53)62-47(77)37-13-10-20-66(37)48(78)40(27(3)6-2)65-46(76)36(26-81)59-28(4)67/h14-17,27,31-37,40,80-81H,5-13,18-26H2,1-4H3,(H2,51,71)(H,58,72)(H,59,67)(H,60,68)(H,61,74)(H,62,77)(H,63,75)(H,64,73)(H,65,76)(H,69,70)(H4,52,53,56)(H4,54,55,57)/t27-,31-,32-,33-,34-,35-,36-,37-,40-/m0/s1. The number of carboxylic acids is 1. The molecular weight excluding hydrogens is 1100 g/mol. The van der Waals surface area contributed by atoms with E-state index in [1.165, 1.54) is 11.8 Å². The third kappa shape index (κ3) is 25.6. The van der Waals surface area contributed by atoms with Gasteiger partial charge in [-0.25, -0.2) is 0 Å². The Morgan fingerprint density at radius 3 is 1.77 bits per heavy atom. The Balaban J connectivity index is 2.41. The molecule has 1 aromatic rings. The van der Waals surface area contributed by atoms with Gasteiger partial charge < -0.3 is 85.9 Å². The van der Waals surface area contributed by atoms with Gasteiger partial charge in [0.25, 0.3) is 0 Å². The van der Waals surface area contributed by atoms with Gasteiger partial charge in [-0.1, -0.05) is 45.7 Å². The minimum absolute atomic E-state index is 0.0292. The van der Waals surface area contributed by atoms with Gasteiger partial charge in [0.15, 0.2) is 11.9 Å². The second-order valence-corrected chi connectivity index (χ2v) is 19.9. The maximum atomic E-state index is 14.2. The van der Waals surface area contributed by atoms with Crippen LogP contribution in [0.5, 0.6) is 5.75 Å². The molecule has 81 heavy (non-hydrogen) atoms. The van der Waals surface area contributed by atoms with Crippen LogP contribution in [0.3, 0.4) is 0 Å². The number of rotatable bonds is 37. The highest BCUT2D eigenvalue weighted by Gasteiger charge is 2.41. The van der Waals surface area contributed by atoms with Gasteiger partial charge in [-0.15, -0.1) is 0 Å². The van der Waals surface area contributed by atoms with Crippen LogP contribution in [0, 0.1) is 5.92 Å². The normalized spacial score (nSPS) is 15.7. The molecule has 1 heterocycles. The molecule has 1 aliphatic heterocycles. The van der Waals surface area contributed by atoms with Crippen molar-refractivity contribution in [1.29, 1.82) is 0 Å². The Morgan fingerprint density at radius 2 is 1.23 bits per heavy atom. The molecule has 10 amide bonds. The summed E-state index contributed by atoms with van der Waals surface area (Å²) in [6, 6.07) is -4.07. The molecule has 452 valence electrons. The molecule has 0 saturated carbocycles. The molecule has 1 fully saturated rings. The van der Waals surface area contributed by atoms with Gasteiger partial charge in [-0.2, -0.15) is 25.3 Å². The smallest absolute Gasteiger partial charge is 0.305 e. The Morgan fingerprint density at radius 1 is 0.691 bits per heavy atom. The zero-order valence-corrected chi connectivity index (χ0v) is 48.0. The van der Waals surface area contributed by atoms with Crippen molar-refractivity contribution in [3.05, 3.63) is 29.8 Å². The monoisotopic (exact) mass is 1180 g/mol. The number of thiol groups is 2. The quantitative estimate of drug-likeness (QED) is 0.0130. The zero-order chi connectivity index (χ0) is 60.8. The van der Waals surface area contributed by atoms with Crippen molar-refractivity contribution >= 4 is 102 Å². The number of aliphatic imine (C=N–C) groups is 2. The number of carbonyl (C=O) groups is 11. The van der Waals surface area contributed by atoms with E-state index in [2.05, 4.69) is 77.8 Å². The molecule has 0 bridgehead atoms. The summed E-state index contributed by atoms with van der Waals surface area (Å²) in [6.07, 6.45) is 1.58. The van der Waals surface area contributed by atoms with Gasteiger partial charge >= 0.3 is 5.97 Å². The van der Waals surface area contributed by atoms with Crippen LogP contribution in [0.2, 0.25) is 0 Å². The van der Waals surface area contributed by atoms with E-state index in [0.29, 0.717) is 30.8 Å². The number of benzene rings is 1. The van der Waals surface area contributed by atoms with Crippen LogP contribution in [0.25, 0.3) is 0 Å². The Labute approximate surface area is 481 Å². The Kier molecular flexibility index (Phi) is 31.5. The third-order valence-corrected chi connectivity index (χ3v) is 13.4. The average molecular weight is 1180 g/mol. The first-order chi connectivity index (χ1) is 38.3. The molecule has 0 aromatic heterocycles. The van der Waals surface area contributed by atoms with Gasteiger partial charge in [0.2, 0.25) is 59.1 Å². The number of amides is 10. The molecule has 19 N–H and O–H groups in total. The van der Waals surface area contributed by atoms with E-state index in [9.17, 15) is 57.8 Å². The summed E-state index contributed by atoms with van der Waals surface area (Å²) in [5.41, 5.74) is 27.8. The van der Waals surface area contributed by atoms with Crippen molar-refractivity contribution in [2.75, 3.05) is 44.3 Å². The topological polar surface area (TPSA) is 472 Å². The van der Waals surface area contributed by atoms with E-state index >= 15 is 0 Å². The van der Waals surface area contributed by atoms with Crippen LogP contribution < -0.4 is 75.9 Å². The van der Waals surface area contributed by atoms with Gasteiger partial charge in [-0.05, 0) is 68.6 Å². The third-order valence-electron chi connectivity index (χ3n) is 12.7. The summed E-state index contributed by atoms with van der Waals surface area (Å²) < 4.78 is 5.75. The van der Waals surface area contributed by atoms with E-state index in [4.69, 9.17) is 33.4 Å². The predicted octanol–water partition coefficient (Wildman–Crippen LogP) is -4.10. The summed E-state index contributed by atoms with van der Waals surface area (Å²) in [7, 11) is 0. The number of aliphatic carboxylic acids is 1. The molecule has 0 aliphatic carbocycles. The molecule has 0 unspecified atom stereocenters. The minimum atomic E-state index is -1.86. The highest BCUT2D eigenvalue weighted by Crippen LogP contribution is 2.22. The van der Waals surface area contributed by atoms with Gasteiger partial charge in [0.1, 0.15) is 54.1 Å². The fourth-order valence-corrected chi connectivity index (χ4v) is 8.64. The lowest BCUT2D eigenvalue weighted by atomic mass is 9.97. The van der Waals surface area contributed by atoms with Crippen molar-refractivity contribution < 1.29 is 62.6 Å². The van der Waals surface area contributed by atoms with Gasteiger partial charge in [0, 0.05) is 44.5 Å². The number of nitrogens with two attached hydrogens (primary N) is 5. The SMILES string of the molecule is CCCCOc1ccc(C[C@H](NC(=O)[C@H](CC(=O)O)NC(=O)CNC(=O)[C@H](CCCN=C(N)N)NC(=O)[C@@H]2CCCN2C(=O)[C@@H](NC(=O)[C@H](CS)NC(C)=O)[C@@H](C)CC)C(=O)N[C@@H](CCCN=C(N)N)C(=O)N[C@@H](CS)C(N)=O)cc1. The number of carboxylic acid groups (broad SMARTS) is 1. The van der Waals surface area contributed by atoms with E-state index in [0.717, 1.165) is 12.8 Å². The Bertz CT molecular complexity index is 2380. The van der Waals surface area contributed by atoms with Crippen LogP contribution in [0.15, 0.2) is 34.3 Å². The maximum absolute atomic E-state index is 14.2. The van der Waals surface area contributed by atoms with Crippen LogP contribution in [0.4, 0.5) is 0 Å². The summed E-state index contributed by atoms with van der Waals surface area (Å²) in [5, 5.41) is 29.9. The molecular formula is C50H82N16O13S2. The summed E-state index contributed by atoms with van der Waals surface area (Å²) in [6.45, 7) is 6.58. The van der Waals surface area contributed by atoms with Gasteiger partial charge in [-0.3, -0.25) is 62.7 Å². The van der Waals surface area contributed by atoms with E-state index < -0.39 is 132 Å². The summed E-state index contributed by atoms with van der Waals surface area (Å²) in [4.78, 5) is 156. The number of nitrogens with one attached hydrogen (secondary N) is 8. The maximum Gasteiger partial charge on any atom is 0.305 e. The molecule has 29 nitrogen and oxygen atoms in total. The van der Waals surface area contributed by atoms with Crippen LogP contribution >= 0.6 is 25.3 Å². The van der Waals surface area contributed by atoms with Crippen molar-refractivity contribution in [1.82, 2.24) is 47.4 Å². The lowest BCUT2D eigenvalue weighted by Gasteiger charge is -2.32. The van der Waals surface area contributed by atoms with E-state index in [1.807, 2.05) is 13.8 Å². The summed E-state index contributed by atoms with van der Waals surface area (Å²) in [5.74, 6) is -10.4. The molecule has 1 aliphatic rings. The fourth-order valence-electron chi connectivity index (χ4n) is 8.12. The van der Waals surface area contributed by atoms with E-state index in [-0.39, 0.29) is 81.6 Å². The molecule has 1 aromatic carbocycles. The molecule has 1 saturated heterocycles. The summed E-state index contributed by atoms with van der Waals surface area (Å²) >= 11 is 8.22. The van der Waals surface area contributed by atoms with Crippen molar-refractivity contribution in [2.24, 2.45) is 44.6 Å². The number of likely N-dealkylation sites (tertiary alicyclic amines) is 1.